The average Bonchev–Trinajstić information content (AvgIpc) is 3.79. The third-order valence-corrected chi connectivity index (χ3v) is 13.3. The van der Waals surface area contributed by atoms with Crippen molar-refractivity contribution in [1.82, 2.24) is 9.80 Å². The van der Waals surface area contributed by atoms with Gasteiger partial charge in [-0.1, -0.05) is 78.8 Å². The highest BCUT2D eigenvalue weighted by Gasteiger charge is 2.40. The van der Waals surface area contributed by atoms with Crippen molar-refractivity contribution in [2.45, 2.75) is 57.3 Å². The predicted octanol–water partition coefficient (Wildman–Crippen LogP) is 10.5. The number of amides is 2. The summed E-state index contributed by atoms with van der Waals surface area (Å²) in [4.78, 5) is 33.8. The normalized spacial score (nSPS) is 17.8. The van der Waals surface area contributed by atoms with Gasteiger partial charge >= 0.3 is 0 Å². The molecule has 71 heavy (non-hydrogen) atoms. The molecule has 1 N–H and O–H groups in total. The van der Waals surface area contributed by atoms with E-state index in [1.807, 2.05) is 71.3 Å². The maximum Gasteiger partial charge on any atom is 0.222 e. The summed E-state index contributed by atoms with van der Waals surface area (Å²) in [5, 5.41) is 10.5. The number of carbonyl (C=O) groups is 2. The smallest absolute Gasteiger partial charge is 0.222 e. The summed E-state index contributed by atoms with van der Waals surface area (Å²) < 4.78 is 29.1. The number of hydrogen-bond donors (Lipinski definition) is 1. The van der Waals surface area contributed by atoms with Gasteiger partial charge in [0.25, 0.3) is 0 Å². The minimum absolute atomic E-state index is 0.224. The van der Waals surface area contributed by atoms with Crippen molar-refractivity contribution in [3.05, 3.63) is 167 Å². The predicted molar refractivity (Wildman–Crippen MR) is 282 cm³/mol. The summed E-state index contributed by atoms with van der Waals surface area (Å²) in [6.07, 6.45) is 7.80. The zero-order valence-corrected chi connectivity index (χ0v) is 42.2. The molecule has 0 saturated carbocycles. The molecule has 8 rings (SSSR count). The first kappa shape index (κ1) is 52.6. The van der Waals surface area contributed by atoms with Crippen LogP contribution < -0.4 is 24.0 Å². The zero-order chi connectivity index (χ0) is 50.0. The Morgan fingerprint density at radius 3 is 1.56 bits per heavy atom. The van der Waals surface area contributed by atoms with E-state index in [1.54, 1.807) is 36.4 Å². The van der Waals surface area contributed by atoms with Crippen molar-refractivity contribution in [3.63, 3.8) is 0 Å². The first-order valence-corrected chi connectivity index (χ1v) is 25.2. The number of aromatic hydroxyl groups is 1. The van der Waals surface area contributed by atoms with E-state index in [0.29, 0.717) is 49.3 Å². The van der Waals surface area contributed by atoms with Crippen LogP contribution in [-0.4, -0.2) is 112 Å². The topological polar surface area (TPSA) is 113 Å². The van der Waals surface area contributed by atoms with Gasteiger partial charge in [-0.15, -0.1) is 0 Å². The Kier molecular flexibility index (Phi) is 19.5. The highest BCUT2D eigenvalue weighted by molar-refractivity contribution is 6.35. The van der Waals surface area contributed by atoms with E-state index < -0.39 is 5.79 Å². The van der Waals surface area contributed by atoms with Crippen molar-refractivity contribution in [2.75, 3.05) is 88.6 Å². The molecule has 0 unspecified atom stereocenters. The first-order valence-electron chi connectivity index (χ1n) is 24.5. The molecule has 376 valence electrons. The lowest BCUT2D eigenvalue weighted by molar-refractivity contribution is -0.164. The van der Waals surface area contributed by atoms with E-state index in [1.165, 1.54) is 11.1 Å². The highest BCUT2D eigenvalue weighted by atomic mass is 35.5. The molecule has 14 heteroatoms. The van der Waals surface area contributed by atoms with Gasteiger partial charge in [-0.3, -0.25) is 9.59 Å². The second kappa shape index (κ2) is 26.3. The van der Waals surface area contributed by atoms with Crippen LogP contribution in [0.5, 0.6) is 23.0 Å². The van der Waals surface area contributed by atoms with Gasteiger partial charge in [-0.2, -0.15) is 0 Å². The third kappa shape index (κ3) is 15.7. The van der Waals surface area contributed by atoms with Gasteiger partial charge in [0.2, 0.25) is 11.8 Å². The lowest BCUT2D eigenvalue weighted by Gasteiger charge is -2.36. The van der Waals surface area contributed by atoms with Crippen LogP contribution in [0.25, 0.3) is 0 Å². The minimum Gasteiger partial charge on any atom is -0.508 e. The number of rotatable bonds is 20. The maximum atomic E-state index is 12.8. The molecule has 12 nitrogen and oxygen atoms in total. The number of benzene rings is 5. The number of anilines is 2. The van der Waals surface area contributed by atoms with Crippen molar-refractivity contribution >= 4 is 46.4 Å². The number of phenolic OH excluding ortho intramolecular Hbond substituents is 1. The van der Waals surface area contributed by atoms with Gasteiger partial charge in [0, 0.05) is 87.2 Å². The van der Waals surface area contributed by atoms with Crippen molar-refractivity contribution in [3.8, 4) is 23.0 Å². The molecule has 5 aromatic carbocycles. The van der Waals surface area contributed by atoms with Gasteiger partial charge in [0.05, 0.1) is 11.6 Å². The summed E-state index contributed by atoms with van der Waals surface area (Å²) >= 11 is 12.4. The number of hydrogen-bond acceptors (Lipinski definition) is 10. The zero-order valence-electron chi connectivity index (χ0n) is 40.7. The summed E-state index contributed by atoms with van der Waals surface area (Å²) in [5.74, 6) is 2.22. The summed E-state index contributed by atoms with van der Waals surface area (Å²) in [6, 6.07) is 36.7. The Balaban J connectivity index is 0.000000229. The molecule has 0 spiro atoms. The highest BCUT2D eigenvalue weighted by Crippen LogP contribution is 2.39. The van der Waals surface area contributed by atoms with Gasteiger partial charge < -0.3 is 48.4 Å². The molecule has 5 aromatic rings. The number of piperazine rings is 2. The van der Waals surface area contributed by atoms with E-state index in [4.69, 9.17) is 46.9 Å². The Bertz CT molecular complexity index is 2480. The SMILES string of the molecule is C=CCOc1ccc(CCCC(=O)N2CCN(c3ccc(O)cc3)CC2)cc1.C=CCOc1ccc(CCCC(=O)N2CCN(c3ccc(OC[C@@H]4CO[C@](C)(c5ccc(Cl)cc5Cl)O4)cc3)CC2)cc1. The molecule has 3 saturated heterocycles. The lowest BCUT2D eigenvalue weighted by atomic mass is 10.1. The number of phenols is 1. The van der Waals surface area contributed by atoms with Crippen LogP contribution in [0.1, 0.15) is 49.3 Å². The van der Waals surface area contributed by atoms with Crippen molar-refractivity contribution in [1.29, 1.82) is 0 Å². The Hall–Kier alpha value is -6.18. The average molecular weight is 1010 g/mol. The second-order valence-electron chi connectivity index (χ2n) is 17.9. The molecule has 2 atom stereocenters. The minimum atomic E-state index is -0.948. The van der Waals surface area contributed by atoms with E-state index in [0.717, 1.165) is 112 Å². The Morgan fingerprint density at radius 1 is 0.648 bits per heavy atom. The molecule has 0 aliphatic carbocycles. The van der Waals surface area contributed by atoms with Crippen molar-refractivity contribution in [2.24, 2.45) is 0 Å². The van der Waals surface area contributed by atoms with Gasteiger partial charge in [-0.05, 0) is 129 Å². The van der Waals surface area contributed by atoms with Gasteiger partial charge in [-0.25, -0.2) is 0 Å². The molecule has 2 amide bonds. The van der Waals surface area contributed by atoms with Crippen LogP contribution in [0.3, 0.4) is 0 Å². The number of nitrogens with zero attached hydrogens (tertiary/aromatic N) is 4. The van der Waals surface area contributed by atoms with Gasteiger partial charge in [0.15, 0.2) is 5.79 Å². The molecule has 3 fully saturated rings. The number of ether oxygens (including phenoxy) is 5. The number of halogens is 2. The van der Waals surface area contributed by atoms with Crippen LogP contribution in [0.15, 0.2) is 141 Å². The van der Waals surface area contributed by atoms with Crippen LogP contribution >= 0.6 is 23.2 Å². The summed E-state index contributed by atoms with van der Waals surface area (Å²) in [7, 11) is 0. The lowest BCUT2D eigenvalue weighted by Crippen LogP contribution is -2.48. The van der Waals surface area contributed by atoms with Crippen LogP contribution in [-0.2, 0) is 37.7 Å². The Morgan fingerprint density at radius 2 is 1.10 bits per heavy atom. The standard InChI is InChI=1S/C34H38Cl2N2O5.C23H28N2O3/c1-3-21-40-28-12-7-25(8-13-28)5-4-6-33(39)38-19-17-37(18-20-38)27-10-14-29(15-11-27)41-23-30-24-42-34(2,43-30)31-16-9-26(35)22-32(31)36;1-2-18-28-22-12-6-19(7-13-22)4-3-5-23(27)25-16-14-24(15-17-25)20-8-10-21(26)11-9-20/h3,7-16,22,30H,1,4-6,17-21,23-24H2,2H3;2,6-13,26H,1,3-5,14-18H2/t30-,34+;/m1./s1. The van der Waals surface area contributed by atoms with Gasteiger partial charge in [0.1, 0.15) is 48.9 Å². The molecular formula is C57H66Cl2N4O8. The number of aryl methyl sites for hydroxylation is 2. The maximum absolute atomic E-state index is 12.8. The monoisotopic (exact) mass is 1000 g/mol. The first-order chi connectivity index (χ1) is 34.5. The summed E-state index contributed by atoms with van der Waals surface area (Å²) in [6.45, 7) is 17.1. The van der Waals surface area contributed by atoms with E-state index in [-0.39, 0.29) is 23.7 Å². The van der Waals surface area contributed by atoms with Crippen molar-refractivity contribution < 1.29 is 38.4 Å². The van der Waals surface area contributed by atoms with E-state index >= 15 is 0 Å². The molecule has 0 aromatic heterocycles. The summed E-state index contributed by atoms with van der Waals surface area (Å²) in [5.41, 5.74) is 5.37. The molecule has 0 radical (unpaired) electrons. The fourth-order valence-corrected chi connectivity index (χ4v) is 9.35. The largest absolute Gasteiger partial charge is 0.508 e. The van der Waals surface area contributed by atoms with Crippen LogP contribution in [0.2, 0.25) is 10.0 Å². The fourth-order valence-electron chi connectivity index (χ4n) is 8.77. The molecule has 0 bridgehead atoms. The fraction of sp³-hybridized carbons (Fsp3) is 0.368. The number of carbonyl (C=O) groups excluding carboxylic acids is 2. The third-order valence-electron chi connectivity index (χ3n) is 12.8. The molecule has 3 aliphatic heterocycles. The van der Waals surface area contributed by atoms with Crippen LogP contribution in [0.4, 0.5) is 11.4 Å². The molecular weight excluding hydrogens is 940 g/mol. The van der Waals surface area contributed by atoms with E-state index in [2.05, 4.69) is 59.4 Å². The second-order valence-corrected chi connectivity index (χ2v) is 18.7. The molecule has 3 heterocycles. The van der Waals surface area contributed by atoms with Crippen LogP contribution in [0, 0.1) is 0 Å². The van der Waals surface area contributed by atoms with E-state index in [9.17, 15) is 14.7 Å². The quantitative estimate of drug-likeness (QED) is 0.0756. The Labute approximate surface area is 428 Å². The molecule has 3 aliphatic rings.